The van der Waals surface area contributed by atoms with E-state index >= 15 is 0 Å². The van der Waals surface area contributed by atoms with E-state index in [1.165, 1.54) is 13.8 Å². The third-order valence-corrected chi connectivity index (χ3v) is 2.83. The van der Waals surface area contributed by atoms with Crippen molar-refractivity contribution in [3.05, 3.63) is 58.6 Å². The van der Waals surface area contributed by atoms with Crippen LogP contribution in [-0.4, -0.2) is 11.8 Å². The second-order valence-electron chi connectivity index (χ2n) is 4.38. The van der Waals surface area contributed by atoms with Gasteiger partial charge in [-0.05, 0) is 48.5 Å². The van der Waals surface area contributed by atoms with E-state index in [4.69, 9.17) is 23.2 Å². The molecular formula is C16H16Cl2N2O2. The lowest BCUT2D eigenvalue weighted by Gasteiger charge is -1.99. The van der Waals surface area contributed by atoms with Crippen LogP contribution in [0.1, 0.15) is 13.8 Å². The van der Waals surface area contributed by atoms with Gasteiger partial charge in [0.25, 0.3) is 0 Å². The number of carbonyl (C=O) groups excluding carboxylic acids is 2. The van der Waals surface area contributed by atoms with Crippen molar-refractivity contribution >= 4 is 46.4 Å². The quantitative estimate of drug-likeness (QED) is 0.840. The van der Waals surface area contributed by atoms with Gasteiger partial charge in [0.2, 0.25) is 11.8 Å². The first-order valence-corrected chi connectivity index (χ1v) is 7.18. The maximum absolute atomic E-state index is 10.6. The summed E-state index contributed by atoms with van der Waals surface area (Å²) >= 11 is 11.3. The summed E-state index contributed by atoms with van der Waals surface area (Å²) in [5.74, 6) is -0.153. The van der Waals surface area contributed by atoms with Crippen LogP contribution in [0, 0.1) is 0 Å². The van der Waals surface area contributed by atoms with Crippen molar-refractivity contribution in [1.82, 2.24) is 0 Å². The molecule has 0 aliphatic heterocycles. The molecule has 0 aromatic heterocycles. The van der Waals surface area contributed by atoms with Gasteiger partial charge in [0, 0.05) is 35.3 Å². The molecule has 2 aromatic carbocycles. The number of rotatable bonds is 2. The second kappa shape index (κ2) is 9.07. The van der Waals surface area contributed by atoms with Gasteiger partial charge in [0.05, 0.1) is 0 Å². The lowest BCUT2D eigenvalue weighted by molar-refractivity contribution is -0.115. The number of halogens is 2. The number of anilines is 2. The number of carbonyl (C=O) groups is 2. The van der Waals surface area contributed by atoms with Crippen molar-refractivity contribution in [2.45, 2.75) is 13.8 Å². The zero-order chi connectivity index (χ0) is 16.5. The topological polar surface area (TPSA) is 58.2 Å². The molecular weight excluding hydrogens is 323 g/mol. The van der Waals surface area contributed by atoms with Crippen LogP contribution in [0.4, 0.5) is 11.4 Å². The monoisotopic (exact) mass is 338 g/mol. The Kier molecular flexibility index (Phi) is 7.43. The highest BCUT2D eigenvalue weighted by atomic mass is 35.5. The van der Waals surface area contributed by atoms with E-state index in [9.17, 15) is 9.59 Å². The van der Waals surface area contributed by atoms with E-state index in [1.54, 1.807) is 48.5 Å². The Labute approximate surface area is 139 Å². The lowest BCUT2D eigenvalue weighted by Crippen LogP contribution is -2.04. The number of benzene rings is 2. The van der Waals surface area contributed by atoms with Crippen LogP contribution in [-0.2, 0) is 9.59 Å². The Morgan fingerprint density at radius 1 is 0.682 bits per heavy atom. The average molecular weight is 339 g/mol. The molecule has 0 aliphatic carbocycles. The first-order valence-electron chi connectivity index (χ1n) is 6.43. The molecule has 22 heavy (non-hydrogen) atoms. The van der Waals surface area contributed by atoms with Crippen LogP contribution in [0.2, 0.25) is 10.0 Å². The van der Waals surface area contributed by atoms with E-state index in [1.807, 2.05) is 0 Å². The summed E-state index contributed by atoms with van der Waals surface area (Å²) in [4.78, 5) is 21.1. The molecule has 0 heterocycles. The maximum atomic E-state index is 10.6. The van der Waals surface area contributed by atoms with Crippen molar-refractivity contribution < 1.29 is 9.59 Å². The fraction of sp³-hybridized carbons (Fsp3) is 0.125. The van der Waals surface area contributed by atoms with Gasteiger partial charge in [0.1, 0.15) is 0 Å². The van der Waals surface area contributed by atoms with E-state index in [-0.39, 0.29) is 11.8 Å². The van der Waals surface area contributed by atoms with Crippen molar-refractivity contribution in [1.29, 1.82) is 0 Å². The first-order chi connectivity index (χ1) is 10.4. The number of amides is 2. The summed E-state index contributed by atoms with van der Waals surface area (Å²) < 4.78 is 0. The molecule has 2 aromatic rings. The summed E-state index contributed by atoms with van der Waals surface area (Å²) in [5.41, 5.74) is 1.53. The van der Waals surface area contributed by atoms with Crippen molar-refractivity contribution in [3.8, 4) is 0 Å². The predicted octanol–water partition coefficient (Wildman–Crippen LogP) is 4.60. The zero-order valence-electron chi connectivity index (χ0n) is 12.2. The smallest absolute Gasteiger partial charge is 0.221 e. The largest absolute Gasteiger partial charge is 0.326 e. The minimum Gasteiger partial charge on any atom is -0.326 e. The minimum atomic E-state index is -0.0766. The molecule has 0 fully saturated rings. The van der Waals surface area contributed by atoms with Crippen LogP contribution in [0.15, 0.2) is 48.5 Å². The predicted molar refractivity (Wildman–Crippen MR) is 91.5 cm³/mol. The molecule has 0 saturated heterocycles. The minimum absolute atomic E-state index is 0.0766. The molecule has 2 rings (SSSR count). The average Bonchev–Trinajstić information content (AvgIpc) is 2.44. The first kappa shape index (κ1) is 18.0. The van der Waals surface area contributed by atoms with Crippen LogP contribution >= 0.6 is 23.2 Å². The second-order valence-corrected chi connectivity index (χ2v) is 5.25. The number of nitrogens with one attached hydrogen (secondary N) is 2. The molecule has 0 unspecified atom stereocenters. The maximum Gasteiger partial charge on any atom is 0.221 e. The normalized spacial score (nSPS) is 9.27. The molecule has 0 aliphatic rings. The SMILES string of the molecule is CC(=O)Nc1ccc(Cl)cc1.CC(=O)Nc1ccc(Cl)cc1. The zero-order valence-corrected chi connectivity index (χ0v) is 13.7. The molecule has 0 saturated carbocycles. The van der Waals surface area contributed by atoms with Crippen LogP contribution in [0.3, 0.4) is 0 Å². The summed E-state index contributed by atoms with van der Waals surface area (Å²) in [6.45, 7) is 2.93. The lowest BCUT2D eigenvalue weighted by atomic mass is 10.3. The Bertz CT molecular complexity index is 568. The molecule has 0 atom stereocenters. The number of hydrogen-bond acceptors (Lipinski definition) is 2. The third kappa shape index (κ3) is 7.67. The van der Waals surface area contributed by atoms with Crippen LogP contribution in [0.25, 0.3) is 0 Å². The summed E-state index contributed by atoms with van der Waals surface area (Å²) in [6.07, 6.45) is 0. The Balaban J connectivity index is 0.000000220. The van der Waals surface area contributed by atoms with Crippen molar-refractivity contribution in [3.63, 3.8) is 0 Å². The van der Waals surface area contributed by atoms with Gasteiger partial charge in [-0.15, -0.1) is 0 Å². The van der Waals surface area contributed by atoms with Gasteiger partial charge in [0.15, 0.2) is 0 Å². The van der Waals surface area contributed by atoms with Gasteiger partial charge >= 0.3 is 0 Å². The molecule has 0 spiro atoms. The number of hydrogen-bond donors (Lipinski definition) is 2. The molecule has 2 N–H and O–H groups in total. The standard InChI is InChI=1S/2C8H8ClNO/c2*1-6(11)10-8-4-2-7(9)3-5-8/h2*2-5H,1H3,(H,10,11). The van der Waals surface area contributed by atoms with E-state index in [0.717, 1.165) is 11.4 Å². The molecule has 2 amide bonds. The fourth-order valence-corrected chi connectivity index (χ4v) is 1.72. The van der Waals surface area contributed by atoms with E-state index in [0.29, 0.717) is 10.0 Å². The van der Waals surface area contributed by atoms with Gasteiger partial charge in [-0.2, -0.15) is 0 Å². The third-order valence-electron chi connectivity index (χ3n) is 2.33. The van der Waals surface area contributed by atoms with Crippen LogP contribution < -0.4 is 10.6 Å². The molecule has 0 bridgehead atoms. The van der Waals surface area contributed by atoms with Gasteiger partial charge in [-0.1, -0.05) is 23.2 Å². The van der Waals surface area contributed by atoms with Crippen molar-refractivity contribution in [2.24, 2.45) is 0 Å². The molecule has 6 heteroatoms. The molecule has 116 valence electrons. The van der Waals surface area contributed by atoms with Gasteiger partial charge < -0.3 is 10.6 Å². The molecule has 4 nitrogen and oxygen atoms in total. The van der Waals surface area contributed by atoms with Crippen LogP contribution in [0.5, 0.6) is 0 Å². The summed E-state index contributed by atoms with van der Waals surface area (Å²) in [5, 5.41) is 6.60. The Morgan fingerprint density at radius 2 is 0.955 bits per heavy atom. The van der Waals surface area contributed by atoms with Crippen molar-refractivity contribution in [2.75, 3.05) is 10.6 Å². The Hall–Kier alpha value is -2.04. The van der Waals surface area contributed by atoms with E-state index in [2.05, 4.69) is 10.6 Å². The van der Waals surface area contributed by atoms with E-state index < -0.39 is 0 Å². The van der Waals surface area contributed by atoms with Gasteiger partial charge in [-0.25, -0.2) is 0 Å². The Morgan fingerprint density at radius 3 is 1.18 bits per heavy atom. The highest BCUT2D eigenvalue weighted by Crippen LogP contribution is 2.13. The molecule has 0 radical (unpaired) electrons. The highest BCUT2D eigenvalue weighted by molar-refractivity contribution is 6.30. The van der Waals surface area contributed by atoms with Gasteiger partial charge in [-0.3, -0.25) is 9.59 Å². The summed E-state index contributed by atoms with van der Waals surface area (Å²) in [7, 11) is 0. The summed E-state index contributed by atoms with van der Waals surface area (Å²) in [6, 6.07) is 13.9. The fourth-order valence-electron chi connectivity index (χ4n) is 1.47. The highest BCUT2D eigenvalue weighted by Gasteiger charge is 1.94.